The lowest BCUT2D eigenvalue weighted by molar-refractivity contribution is -0.141. The first kappa shape index (κ1) is 34.3. The minimum Gasteiger partial charge on any atom is -0.379 e. The van der Waals surface area contributed by atoms with E-state index in [1.807, 2.05) is 56.3 Å². The molecule has 1 unspecified atom stereocenters. The number of carbonyl (C=O) groups is 2. The van der Waals surface area contributed by atoms with Crippen LogP contribution in [0.1, 0.15) is 50.3 Å². The zero-order valence-corrected chi connectivity index (χ0v) is 26.7. The van der Waals surface area contributed by atoms with Crippen molar-refractivity contribution in [1.82, 2.24) is 14.9 Å². The molecule has 232 valence electrons. The van der Waals surface area contributed by atoms with Crippen molar-refractivity contribution < 1.29 is 22.7 Å². The van der Waals surface area contributed by atoms with Crippen LogP contribution in [0.15, 0.2) is 83.8 Å². The lowest BCUT2D eigenvalue weighted by atomic mass is 10.0. The molecular formula is C33H42ClN3O5S. The molecule has 0 heterocycles. The van der Waals surface area contributed by atoms with Gasteiger partial charge in [0.25, 0.3) is 0 Å². The normalized spacial score (nSPS) is 12.2. The molecule has 0 aliphatic heterocycles. The van der Waals surface area contributed by atoms with Crippen molar-refractivity contribution in [3.05, 3.63) is 101 Å². The monoisotopic (exact) mass is 627 g/mol. The summed E-state index contributed by atoms with van der Waals surface area (Å²) in [4.78, 5) is 29.4. The number of hydrogen-bond donors (Lipinski definition) is 2. The maximum atomic E-state index is 13.9. The topological polar surface area (TPSA) is 105 Å². The summed E-state index contributed by atoms with van der Waals surface area (Å²) >= 11 is 6.11. The molecule has 0 radical (unpaired) electrons. The molecule has 0 aliphatic rings. The number of hydrogen-bond acceptors (Lipinski definition) is 5. The molecule has 10 heteroatoms. The Hall–Kier alpha value is -3.24. The van der Waals surface area contributed by atoms with Gasteiger partial charge in [-0.05, 0) is 67.6 Å². The molecule has 0 spiro atoms. The molecule has 0 fully saturated rings. The summed E-state index contributed by atoms with van der Waals surface area (Å²) in [5.41, 5.74) is 2.62. The van der Waals surface area contributed by atoms with Crippen LogP contribution >= 0.6 is 11.6 Å². The summed E-state index contributed by atoms with van der Waals surface area (Å²) in [6.45, 7) is 7.15. The van der Waals surface area contributed by atoms with Crippen molar-refractivity contribution in [3.8, 4) is 0 Å². The van der Waals surface area contributed by atoms with Gasteiger partial charge in [-0.1, -0.05) is 73.1 Å². The van der Waals surface area contributed by atoms with Gasteiger partial charge in [-0.2, -0.15) is 0 Å². The van der Waals surface area contributed by atoms with Crippen molar-refractivity contribution in [2.75, 3.05) is 19.7 Å². The quantitative estimate of drug-likeness (QED) is 0.202. The first-order chi connectivity index (χ1) is 20.6. The van der Waals surface area contributed by atoms with E-state index in [1.54, 1.807) is 36.1 Å². The molecule has 0 saturated heterocycles. The van der Waals surface area contributed by atoms with E-state index in [-0.39, 0.29) is 35.8 Å². The minimum absolute atomic E-state index is 0.114. The summed E-state index contributed by atoms with van der Waals surface area (Å²) in [7, 11) is -3.56. The number of nitrogens with one attached hydrogen (secondary N) is 2. The molecule has 0 bridgehead atoms. The summed E-state index contributed by atoms with van der Waals surface area (Å²) in [6, 6.07) is 22.7. The largest absolute Gasteiger partial charge is 0.379 e. The number of amides is 2. The number of nitrogens with zero attached hydrogens (tertiary/aromatic N) is 1. The van der Waals surface area contributed by atoms with Crippen LogP contribution in [0.25, 0.3) is 0 Å². The summed E-state index contributed by atoms with van der Waals surface area (Å²) in [5.74, 6) is -0.410. The zero-order chi connectivity index (χ0) is 31.2. The minimum atomic E-state index is -3.56. The van der Waals surface area contributed by atoms with Gasteiger partial charge in [-0.15, -0.1) is 0 Å². The number of rotatable bonds is 17. The van der Waals surface area contributed by atoms with Crippen LogP contribution < -0.4 is 10.0 Å². The molecule has 2 amide bonds. The van der Waals surface area contributed by atoms with Crippen LogP contribution in [0, 0.1) is 0 Å². The van der Waals surface area contributed by atoms with Gasteiger partial charge in [0, 0.05) is 44.1 Å². The fourth-order valence-corrected chi connectivity index (χ4v) is 5.73. The van der Waals surface area contributed by atoms with Gasteiger partial charge in [0.1, 0.15) is 6.04 Å². The number of ether oxygens (including phenoxy) is 1. The Labute approximate surface area is 260 Å². The predicted octanol–water partition coefficient (Wildman–Crippen LogP) is 5.14. The summed E-state index contributed by atoms with van der Waals surface area (Å²) < 4.78 is 32.7. The second-order valence-electron chi connectivity index (χ2n) is 10.6. The van der Waals surface area contributed by atoms with Gasteiger partial charge in [-0.3, -0.25) is 9.59 Å². The molecule has 0 aromatic heterocycles. The number of aryl methyl sites for hydroxylation is 1. The third-order valence-corrected chi connectivity index (χ3v) is 8.62. The van der Waals surface area contributed by atoms with Gasteiger partial charge in [0.15, 0.2) is 0 Å². The Morgan fingerprint density at radius 3 is 2.19 bits per heavy atom. The maximum absolute atomic E-state index is 13.9. The van der Waals surface area contributed by atoms with E-state index in [2.05, 4.69) is 10.0 Å². The molecular weight excluding hydrogens is 586 g/mol. The summed E-state index contributed by atoms with van der Waals surface area (Å²) in [6.07, 6.45) is 1.66. The van der Waals surface area contributed by atoms with Crippen LogP contribution in [-0.4, -0.2) is 57.0 Å². The highest BCUT2D eigenvalue weighted by atomic mass is 35.5. The molecule has 43 heavy (non-hydrogen) atoms. The number of halogens is 1. The number of benzene rings is 3. The highest BCUT2D eigenvalue weighted by molar-refractivity contribution is 7.89. The third-order valence-electron chi connectivity index (χ3n) is 6.80. The Morgan fingerprint density at radius 2 is 1.56 bits per heavy atom. The molecule has 3 aromatic carbocycles. The van der Waals surface area contributed by atoms with E-state index in [0.29, 0.717) is 44.0 Å². The fraction of sp³-hybridized carbons (Fsp3) is 0.394. The Balaban J connectivity index is 1.82. The molecule has 3 rings (SSSR count). The molecule has 0 saturated carbocycles. The fourth-order valence-electron chi connectivity index (χ4n) is 4.56. The van der Waals surface area contributed by atoms with Crippen LogP contribution in [0.2, 0.25) is 5.02 Å². The van der Waals surface area contributed by atoms with Crippen molar-refractivity contribution in [3.63, 3.8) is 0 Å². The molecule has 8 nitrogen and oxygen atoms in total. The highest BCUT2D eigenvalue weighted by Gasteiger charge is 2.30. The standard InChI is InChI=1S/C33H42ClN3O5S/c1-4-36-43(40,41)30-18-13-26(14-19-30)15-20-32(38)37(24-28-11-16-29(34)17-12-28)31(23-27-9-6-5-7-10-27)33(39)35-21-8-22-42-25(2)3/h5-7,9-14,16-19,25,31,36H,4,8,15,20-24H2,1-3H3,(H,35,39). The first-order valence-electron chi connectivity index (χ1n) is 14.6. The Morgan fingerprint density at radius 1 is 0.907 bits per heavy atom. The van der Waals surface area contributed by atoms with Crippen LogP contribution in [0.5, 0.6) is 0 Å². The van der Waals surface area contributed by atoms with E-state index in [4.69, 9.17) is 16.3 Å². The molecule has 3 aromatic rings. The van der Waals surface area contributed by atoms with Crippen molar-refractivity contribution in [2.45, 2.75) is 70.0 Å². The van der Waals surface area contributed by atoms with E-state index >= 15 is 0 Å². The van der Waals surface area contributed by atoms with E-state index in [0.717, 1.165) is 16.7 Å². The molecule has 0 aliphatic carbocycles. The maximum Gasteiger partial charge on any atom is 0.243 e. The van der Waals surface area contributed by atoms with Crippen molar-refractivity contribution in [2.24, 2.45) is 0 Å². The number of sulfonamides is 1. The van der Waals surface area contributed by atoms with Gasteiger partial charge in [0.05, 0.1) is 11.0 Å². The van der Waals surface area contributed by atoms with E-state index < -0.39 is 16.1 Å². The van der Waals surface area contributed by atoms with E-state index in [1.165, 1.54) is 12.1 Å². The van der Waals surface area contributed by atoms with Crippen molar-refractivity contribution in [1.29, 1.82) is 0 Å². The van der Waals surface area contributed by atoms with Crippen LogP contribution in [0.4, 0.5) is 0 Å². The van der Waals surface area contributed by atoms with Crippen molar-refractivity contribution >= 4 is 33.4 Å². The van der Waals surface area contributed by atoms with Crippen LogP contribution in [0.3, 0.4) is 0 Å². The zero-order valence-electron chi connectivity index (χ0n) is 25.1. The summed E-state index contributed by atoms with van der Waals surface area (Å²) in [5, 5.41) is 3.60. The second-order valence-corrected chi connectivity index (χ2v) is 12.8. The SMILES string of the molecule is CCNS(=O)(=O)c1ccc(CCC(=O)N(Cc2ccc(Cl)cc2)C(Cc2ccccc2)C(=O)NCCCOC(C)C)cc1. The predicted molar refractivity (Wildman–Crippen MR) is 170 cm³/mol. The average Bonchev–Trinajstić information content (AvgIpc) is 2.99. The Kier molecular flexibility index (Phi) is 13.7. The average molecular weight is 628 g/mol. The lowest BCUT2D eigenvalue weighted by Crippen LogP contribution is -2.50. The Bertz CT molecular complexity index is 1400. The van der Waals surface area contributed by atoms with Gasteiger partial charge in [-0.25, -0.2) is 13.1 Å². The third kappa shape index (κ3) is 11.4. The molecule has 2 N–H and O–H groups in total. The highest BCUT2D eigenvalue weighted by Crippen LogP contribution is 2.19. The van der Waals surface area contributed by atoms with Gasteiger partial charge >= 0.3 is 0 Å². The van der Waals surface area contributed by atoms with Gasteiger partial charge < -0.3 is 15.0 Å². The lowest BCUT2D eigenvalue weighted by Gasteiger charge is -2.32. The smallest absolute Gasteiger partial charge is 0.243 e. The molecule has 1 atom stereocenters. The second kappa shape index (κ2) is 17.2. The van der Waals surface area contributed by atoms with Crippen LogP contribution in [-0.2, 0) is 43.7 Å². The van der Waals surface area contributed by atoms with Gasteiger partial charge in [0.2, 0.25) is 21.8 Å². The van der Waals surface area contributed by atoms with E-state index in [9.17, 15) is 18.0 Å². The number of carbonyl (C=O) groups excluding carboxylic acids is 2. The first-order valence-corrected chi connectivity index (χ1v) is 16.5.